The Bertz CT molecular complexity index is 582. The van der Waals surface area contributed by atoms with E-state index in [4.69, 9.17) is 21.2 Å². The largest absolute Gasteiger partial charge is 0.481 e. The molecule has 0 unspecified atom stereocenters. The summed E-state index contributed by atoms with van der Waals surface area (Å²) in [6.07, 6.45) is 0.268. The molecule has 1 aromatic heterocycles. The van der Waals surface area contributed by atoms with Crippen molar-refractivity contribution < 1.29 is 18.8 Å². The van der Waals surface area contributed by atoms with Gasteiger partial charge >= 0.3 is 5.97 Å². The molecule has 0 aliphatic carbocycles. The summed E-state index contributed by atoms with van der Waals surface area (Å²) in [5.41, 5.74) is 1.13. The van der Waals surface area contributed by atoms with Gasteiger partial charge in [-0.05, 0) is 18.2 Å². The van der Waals surface area contributed by atoms with Crippen molar-refractivity contribution in [3.63, 3.8) is 0 Å². The number of carbonyl (C=O) groups is 1. The van der Waals surface area contributed by atoms with E-state index in [1.165, 1.54) is 18.2 Å². The van der Waals surface area contributed by atoms with Crippen LogP contribution in [0, 0.1) is 5.82 Å². The van der Waals surface area contributed by atoms with Gasteiger partial charge in [-0.3, -0.25) is 4.79 Å². The number of aryl methyl sites for hydroxylation is 1. The molecule has 1 N–H and O–H groups in total. The Balaban J connectivity index is 2.18. The van der Waals surface area contributed by atoms with E-state index in [2.05, 4.69) is 5.16 Å². The van der Waals surface area contributed by atoms with Crippen LogP contribution in [-0.2, 0) is 11.2 Å². The highest BCUT2D eigenvalue weighted by Gasteiger charge is 2.10. The third-order valence-electron chi connectivity index (χ3n) is 2.36. The van der Waals surface area contributed by atoms with Crippen molar-refractivity contribution in [2.24, 2.45) is 0 Å². The van der Waals surface area contributed by atoms with E-state index in [9.17, 15) is 9.18 Å². The second-order valence-corrected chi connectivity index (χ2v) is 4.11. The zero-order chi connectivity index (χ0) is 13.1. The Morgan fingerprint density at radius 1 is 1.44 bits per heavy atom. The van der Waals surface area contributed by atoms with Gasteiger partial charge in [0.15, 0.2) is 5.76 Å². The first-order chi connectivity index (χ1) is 8.56. The summed E-state index contributed by atoms with van der Waals surface area (Å²) in [6, 6.07) is 5.80. The molecule has 18 heavy (non-hydrogen) atoms. The monoisotopic (exact) mass is 269 g/mol. The molecule has 1 heterocycles. The van der Waals surface area contributed by atoms with Crippen LogP contribution >= 0.6 is 11.6 Å². The van der Waals surface area contributed by atoms with Gasteiger partial charge in [-0.1, -0.05) is 16.8 Å². The third-order valence-corrected chi connectivity index (χ3v) is 2.65. The summed E-state index contributed by atoms with van der Waals surface area (Å²) >= 11 is 5.66. The molecule has 94 valence electrons. The Hall–Kier alpha value is -1.88. The van der Waals surface area contributed by atoms with Crippen LogP contribution < -0.4 is 0 Å². The van der Waals surface area contributed by atoms with Gasteiger partial charge in [0.25, 0.3) is 0 Å². The van der Waals surface area contributed by atoms with Gasteiger partial charge in [-0.25, -0.2) is 4.39 Å². The lowest BCUT2D eigenvalue weighted by molar-refractivity contribution is -0.136. The van der Waals surface area contributed by atoms with E-state index >= 15 is 0 Å². The van der Waals surface area contributed by atoms with Crippen LogP contribution in [0.3, 0.4) is 0 Å². The smallest absolute Gasteiger partial charge is 0.303 e. The first-order valence-electron chi connectivity index (χ1n) is 5.19. The van der Waals surface area contributed by atoms with Crippen molar-refractivity contribution in [1.82, 2.24) is 5.16 Å². The molecule has 0 fully saturated rings. The van der Waals surface area contributed by atoms with Crippen LogP contribution in [0.5, 0.6) is 0 Å². The van der Waals surface area contributed by atoms with Crippen LogP contribution in [0.15, 0.2) is 28.8 Å². The number of rotatable bonds is 4. The number of nitrogens with zero attached hydrogens (tertiary/aromatic N) is 1. The van der Waals surface area contributed by atoms with Crippen LogP contribution in [-0.4, -0.2) is 16.2 Å². The average molecular weight is 270 g/mol. The Morgan fingerprint density at radius 3 is 2.89 bits per heavy atom. The SMILES string of the molecule is O=C(O)CCc1cc(-c2ccc(F)c(Cl)c2)on1. The number of benzene rings is 1. The Labute approximate surface area is 107 Å². The number of aliphatic carboxylic acids is 1. The highest BCUT2D eigenvalue weighted by Crippen LogP contribution is 2.25. The fourth-order valence-corrected chi connectivity index (χ4v) is 1.63. The lowest BCUT2D eigenvalue weighted by Crippen LogP contribution is -1.97. The second kappa shape index (κ2) is 5.18. The van der Waals surface area contributed by atoms with Crippen molar-refractivity contribution in [1.29, 1.82) is 0 Å². The van der Waals surface area contributed by atoms with Gasteiger partial charge < -0.3 is 9.63 Å². The topological polar surface area (TPSA) is 63.3 Å². The van der Waals surface area contributed by atoms with Crippen LogP contribution in [0.1, 0.15) is 12.1 Å². The summed E-state index contributed by atoms with van der Waals surface area (Å²) in [5.74, 6) is -0.979. The first kappa shape index (κ1) is 12.6. The van der Waals surface area contributed by atoms with E-state index < -0.39 is 11.8 Å². The molecule has 0 atom stereocenters. The lowest BCUT2D eigenvalue weighted by Gasteiger charge is -1.97. The highest BCUT2D eigenvalue weighted by molar-refractivity contribution is 6.31. The summed E-state index contributed by atoms with van der Waals surface area (Å²) in [4.78, 5) is 10.4. The van der Waals surface area contributed by atoms with Crippen LogP contribution in [0.2, 0.25) is 5.02 Å². The highest BCUT2D eigenvalue weighted by atomic mass is 35.5. The molecule has 2 rings (SSSR count). The number of hydrogen-bond acceptors (Lipinski definition) is 3. The maximum absolute atomic E-state index is 13.0. The number of halogens is 2. The Morgan fingerprint density at radius 2 is 2.22 bits per heavy atom. The molecular weight excluding hydrogens is 261 g/mol. The predicted molar refractivity (Wildman–Crippen MR) is 62.9 cm³/mol. The number of carboxylic acids is 1. The fourth-order valence-electron chi connectivity index (χ4n) is 1.45. The van der Waals surface area contributed by atoms with Gasteiger partial charge in [0.2, 0.25) is 0 Å². The average Bonchev–Trinajstić information content (AvgIpc) is 2.79. The number of carboxylic acid groups (broad SMARTS) is 1. The molecule has 0 spiro atoms. The van der Waals surface area contributed by atoms with Crippen LogP contribution in [0.4, 0.5) is 4.39 Å². The molecular formula is C12H9ClFNO3. The zero-order valence-electron chi connectivity index (χ0n) is 9.19. The van der Waals surface area contributed by atoms with Crippen molar-refractivity contribution in [3.8, 4) is 11.3 Å². The third kappa shape index (κ3) is 2.87. The Kier molecular flexibility index (Phi) is 3.62. The maximum Gasteiger partial charge on any atom is 0.303 e. The van der Waals surface area contributed by atoms with Crippen molar-refractivity contribution >= 4 is 17.6 Å². The van der Waals surface area contributed by atoms with Crippen molar-refractivity contribution in [3.05, 3.63) is 40.8 Å². The quantitative estimate of drug-likeness (QED) is 0.926. The molecule has 0 aliphatic heterocycles. The molecule has 0 radical (unpaired) electrons. The minimum absolute atomic E-state index is 0.00372. The molecule has 0 saturated heterocycles. The lowest BCUT2D eigenvalue weighted by atomic mass is 10.1. The molecule has 0 amide bonds. The molecule has 0 saturated carbocycles. The van der Waals surface area contributed by atoms with E-state index in [1.54, 1.807) is 6.07 Å². The fraction of sp³-hybridized carbons (Fsp3) is 0.167. The van der Waals surface area contributed by atoms with Crippen LogP contribution in [0.25, 0.3) is 11.3 Å². The van der Waals surface area contributed by atoms with Crippen molar-refractivity contribution in [2.45, 2.75) is 12.8 Å². The predicted octanol–water partition coefficient (Wildman–Crippen LogP) is 3.15. The van der Waals surface area contributed by atoms with Crippen molar-refractivity contribution in [2.75, 3.05) is 0 Å². The summed E-state index contributed by atoms with van der Waals surface area (Å²) in [5, 5.41) is 12.3. The van der Waals surface area contributed by atoms with Gasteiger partial charge in [-0.2, -0.15) is 0 Å². The summed E-state index contributed by atoms with van der Waals surface area (Å²) < 4.78 is 18.0. The molecule has 4 nitrogen and oxygen atoms in total. The zero-order valence-corrected chi connectivity index (χ0v) is 9.95. The van der Waals surface area contributed by atoms with Gasteiger partial charge in [-0.15, -0.1) is 0 Å². The van der Waals surface area contributed by atoms with Gasteiger partial charge in [0, 0.05) is 18.1 Å². The molecule has 0 bridgehead atoms. The van der Waals surface area contributed by atoms with Gasteiger partial charge in [0.05, 0.1) is 17.1 Å². The van der Waals surface area contributed by atoms with E-state index in [-0.39, 0.29) is 17.9 Å². The second-order valence-electron chi connectivity index (χ2n) is 3.71. The molecule has 0 aliphatic rings. The van der Waals surface area contributed by atoms with Gasteiger partial charge in [0.1, 0.15) is 5.82 Å². The standard InChI is InChI=1S/C12H9ClFNO3/c13-9-5-7(1-3-10(9)14)11-6-8(15-18-11)2-4-12(16)17/h1,3,5-6H,2,4H2,(H,16,17). The maximum atomic E-state index is 13.0. The van der Waals surface area contributed by atoms with E-state index in [1.807, 2.05) is 0 Å². The van der Waals surface area contributed by atoms with E-state index in [0.717, 1.165) is 0 Å². The van der Waals surface area contributed by atoms with E-state index in [0.29, 0.717) is 17.0 Å². The normalized spacial score (nSPS) is 10.6. The summed E-state index contributed by atoms with van der Waals surface area (Å²) in [6.45, 7) is 0. The molecule has 2 aromatic rings. The molecule has 1 aromatic carbocycles. The minimum atomic E-state index is -0.899. The minimum Gasteiger partial charge on any atom is -0.481 e. The number of aromatic nitrogens is 1. The summed E-state index contributed by atoms with van der Waals surface area (Å²) in [7, 11) is 0. The molecule has 6 heteroatoms. The first-order valence-corrected chi connectivity index (χ1v) is 5.57. The number of hydrogen-bond donors (Lipinski definition) is 1.